The van der Waals surface area contributed by atoms with Gasteiger partial charge in [0.15, 0.2) is 0 Å². The van der Waals surface area contributed by atoms with Crippen LogP contribution in [0.25, 0.3) is 0 Å². The zero-order valence-corrected chi connectivity index (χ0v) is 8.29. The molecule has 0 spiro atoms. The SMILES string of the molecule is C=C(N)Cc1ccccc1CC(=C)N. The second-order valence-electron chi connectivity index (χ2n) is 3.44. The zero-order chi connectivity index (χ0) is 10.6. The first kappa shape index (κ1) is 10.4. The summed E-state index contributed by atoms with van der Waals surface area (Å²) in [6.07, 6.45) is 1.40. The maximum atomic E-state index is 5.58. The molecule has 0 aliphatic carbocycles. The molecule has 1 aromatic carbocycles. The summed E-state index contributed by atoms with van der Waals surface area (Å²) in [5, 5.41) is 0. The molecule has 0 aromatic heterocycles. The lowest BCUT2D eigenvalue weighted by Gasteiger charge is -2.08. The molecule has 0 aliphatic rings. The summed E-state index contributed by atoms with van der Waals surface area (Å²) in [5.74, 6) is 0. The highest BCUT2D eigenvalue weighted by atomic mass is 14.6. The fourth-order valence-electron chi connectivity index (χ4n) is 1.39. The van der Waals surface area contributed by atoms with E-state index >= 15 is 0 Å². The topological polar surface area (TPSA) is 52.0 Å². The van der Waals surface area contributed by atoms with Gasteiger partial charge in [0.25, 0.3) is 0 Å². The summed E-state index contributed by atoms with van der Waals surface area (Å²) in [7, 11) is 0. The molecule has 1 aromatic rings. The van der Waals surface area contributed by atoms with Crippen LogP contribution in [0.3, 0.4) is 0 Å². The Morgan fingerprint density at radius 1 is 0.929 bits per heavy atom. The third kappa shape index (κ3) is 2.98. The molecule has 4 N–H and O–H groups in total. The summed E-state index contributed by atoms with van der Waals surface area (Å²) >= 11 is 0. The molecule has 2 heteroatoms. The van der Waals surface area contributed by atoms with Crippen molar-refractivity contribution < 1.29 is 0 Å². The quantitative estimate of drug-likeness (QED) is 0.755. The van der Waals surface area contributed by atoms with Gasteiger partial charge in [-0.05, 0) is 11.1 Å². The Labute approximate surface area is 84.9 Å². The van der Waals surface area contributed by atoms with Crippen molar-refractivity contribution in [1.29, 1.82) is 0 Å². The van der Waals surface area contributed by atoms with Gasteiger partial charge in [0.2, 0.25) is 0 Å². The minimum absolute atomic E-state index is 0.667. The summed E-state index contributed by atoms with van der Waals surface area (Å²) in [4.78, 5) is 0. The number of hydrogen-bond acceptors (Lipinski definition) is 2. The molecular weight excluding hydrogens is 172 g/mol. The zero-order valence-electron chi connectivity index (χ0n) is 8.29. The summed E-state index contributed by atoms with van der Waals surface area (Å²) in [5.41, 5.74) is 14.8. The van der Waals surface area contributed by atoms with E-state index in [-0.39, 0.29) is 0 Å². The fourth-order valence-corrected chi connectivity index (χ4v) is 1.39. The second-order valence-corrected chi connectivity index (χ2v) is 3.44. The maximum Gasteiger partial charge on any atom is 0.0118 e. The number of nitrogens with two attached hydrogens (primary N) is 2. The normalized spacial score (nSPS) is 9.71. The average Bonchev–Trinajstić information content (AvgIpc) is 2.06. The van der Waals surface area contributed by atoms with Crippen molar-refractivity contribution in [3.05, 3.63) is 59.9 Å². The molecule has 0 fully saturated rings. The first-order valence-electron chi connectivity index (χ1n) is 4.53. The summed E-state index contributed by atoms with van der Waals surface area (Å²) < 4.78 is 0. The van der Waals surface area contributed by atoms with Gasteiger partial charge in [0.05, 0.1) is 0 Å². The Bertz CT molecular complexity index is 318. The number of benzene rings is 1. The first-order chi connectivity index (χ1) is 6.59. The number of rotatable bonds is 4. The van der Waals surface area contributed by atoms with Crippen LogP contribution in [-0.4, -0.2) is 0 Å². The van der Waals surface area contributed by atoms with Crippen LogP contribution in [-0.2, 0) is 12.8 Å². The van der Waals surface area contributed by atoms with Crippen LogP contribution in [0.5, 0.6) is 0 Å². The molecular formula is C12H16N2. The van der Waals surface area contributed by atoms with Crippen LogP contribution < -0.4 is 11.5 Å². The lowest BCUT2D eigenvalue weighted by Crippen LogP contribution is -2.05. The van der Waals surface area contributed by atoms with E-state index < -0.39 is 0 Å². The Balaban J connectivity index is 2.90. The average molecular weight is 188 g/mol. The number of hydrogen-bond donors (Lipinski definition) is 2. The highest BCUT2D eigenvalue weighted by Gasteiger charge is 2.02. The van der Waals surface area contributed by atoms with Crippen molar-refractivity contribution in [2.75, 3.05) is 0 Å². The van der Waals surface area contributed by atoms with E-state index in [0.717, 1.165) is 0 Å². The van der Waals surface area contributed by atoms with Crippen molar-refractivity contribution in [3.63, 3.8) is 0 Å². The molecule has 0 unspecified atom stereocenters. The van der Waals surface area contributed by atoms with Gasteiger partial charge in [-0.3, -0.25) is 0 Å². The molecule has 0 heterocycles. The van der Waals surface area contributed by atoms with E-state index in [4.69, 9.17) is 11.5 Å². The highest BCUT2D eigenvalue weighted by Crippen LogP contribution is 2.13. The van der Waals surface area contributed by atoms with E-state index in [0.29, 0.717) is 24.2 Å². The Morgan fingerprint density at radius 3 is 1.57 bits per heavy atom. The Kier molecular flexibility index (Phi) is 3.35. The maximum absolute atomic E-state index is 5.58. The van der Waals surface area contributed by atoms with Gasteiger partial charge in [-0.15, -0.1) is 0 Å². The molecule has 0 radical (unpaired) electrons. The van der Waals surface area contributed by atoms with Gasteiger partial charge in [-0.2, -0.15) is 0 Å². The minimum atomic E-state index is 0.667. The molecule has 1 rings (SSSR count). The first-order valence-corrected chi connectivity index (χ1v) is 4.53. The van der Waals surface area contributed by atoms with E-state index in [2.05, 4.69) is 13.2 Å². The highest BCUT2D eigenvalue weighted by molar-refractivity contribution is 5.32. The summed E-state index contributed by atoms with van der Waals surface area (Å²) in [6.45, 7) is 7.39. The van der Waals surface area contributed by atoms with E-state index in [9.17, 15) is 0 Å². The molecule has 0 atom stereocenters. The molecule has 0 amide bonds. The van der Waals surface area contributed by atoms with Crippen molar-refractivity contribution in [3.8, 4) is 0 Å². The molecule has 0 saturated carbocycles. The largest absolute Gasteiger partial charge is 0.402 e. The van der Waals surface area contributed by atoms with E-state index in [1.165, 1.54) is 11.1 Å². The van der Waals surface area contributed by atoms with Gasteiger partial charge in [0, 0.05) is 24.2 Å². The smallest absolute Gasteiger partial charge is 0.0118 e. The Hall–Kier alpha value is -1.70. The van der Waals surface area contributed by atoms with Crippen LogP contribution in [0.4, 0.5) is 0 Å². The van der Waals surface area contributed by atoms with Gasteiger partial charge in [-0.25, -0.2) is 0 Å². The second kappa shape index (κ2) is 4.51. The molecule has 74 valence electrons. The van der Waals surface area contributed by atoms with Gasteiger partial charge < -0.3 is 11.5 Å². The number of allylic oxidation sites excluding steroid dienone is 2. The lowest BCUT2D eigenvalue weighted by molar-refractivity contribution is 1.04. The molecule has 0 saturated heterocycles. The monoisotopic (exact) mass is 188 g/mol. The van der Waals surface area contributed by atoms with Crippen molar-refractivity contribution in [2.45, 2.75) is 12.8 Å². The standard InChI is InChI=1S/C12H16N2/c1-9(13)7-11-5-3-4-6-12(11)8-10(2)14/h3-6H,1-2,7-8,13-14H2. The minimum Gasteiger partial charge on any atom is -0.402 e. The predicted octanol–water partition coefficient (Wildman–Crippen LogP) is 1.72. The predicted molar refractivity (Wildman–Crippen MR) is 60.5 cm³/mol. The third-order valence-electron chi connectivity index (χ3n) is 1.95. The van der Waals surface area contributed by atoms with Crippen LogP contribution in [0.2, 0.25) is 0 Å². The molecule has 14 heavy (non-hydrogen) atoms. The Morgan fingerprint density at radius 2 is 1.29 bits per heavy atom. The fraction of sp³-hybridized carbons (Fsp3) is 0.167. The van der Waals surface area contributed by atoms with Crippen LogP contribution in [0.1, 0.15) is 11.1 Å². The molecule has 0 bridgehead atoms. The van der Waals surface area contributed by atoms with Crippen molar-refractivity contribution in [2.24, 2.45) is 11.5 Å². The van der Waals surface area contributed by atoms with Crippen molar-refractivity contribution >= 4 is 0 Å². The van der Waals surface area contributed by atoms with Crippen LogP contribution in [0.15, 0.2) is 48.8 Å². The van der Waals surface area contributed by atoms with Crippen LogP contribution >= 0.6 is 0 Å². The van der Waals surface area contributed by atoms with E-state index in [1.54, 1.807) is 0 Å². The van der Waals surface area contributed by atoms with Crippen molar-refractivity contribution in [1.82, 2.24) is 0 Å². The summed E-state index contributed by atoms with van der Waals surface area (Å²) in [6, 6.07) is 8.05. The molecule has 2 nitrogen and oxygen atoms in total. The van der Waals surface area contributed by atoms with E-state index in [1.807, 2.05) is 24.3 Å². The molecule has 0 aliphatic heterocycles. The van der Waals surface area contributed by atoms with Crippen LogP contribution in [0, 0.1) is 0 Å². The third-order valence-corrected chi connectivity index (χ3v) is 1.95. The van der Waals surface area contributed by atoms with Gasteiger partial charge >= 0.3 is 0 Å². The lowest BCUT2D eigenvalue weighted by atomic mass is 10.00. The van der Waals surface area contributed by atoms with Gasteiger partial charge in [-0.1, -0.05) is 37.4 Å². The van der Waals surface area contributed by atoms with Gasteiger partial charge in [0.1, 0.15) is 0 Å².